The molecule has 1 aliphatic heterocycles. The lowest BCUT2D eigenvalue weighted by Gasteiger charge is -2.38. The standard InChI is InChI=1S/C10H10Cl2N2O2/c11-8-1-7(2-13-9(8)12)10(16)14-3-6(4-14)5-15/h1-2,6,15H,3-5H2. The number of aliphatic hydroxyl groups is 1. The smallest absolute Gasteiger partial charge is 0.255 e. The first-order valence-electron chi connectivity index (χ1n) is 4.83. The van der Waals surface area contributed by atoms with E-state index in [-0.39, 0.29) is 28.6 Å². The van der Waals surface area contributed by atoms with Gasteiger partial charge in [0.25, 0.3) is 5.91 Å². The maximum absolute atomic E-state index is 11.9. The van der Waals surface area contributed by atoms with Crippen LogP contribution in [0.5, 0.6) is 0 Å². The van der Waals surface area contributed by atoms with Crippen molar-refractivity contribution in [3.8, 4) is 0 Å². The lowest BCUT2D eigenvalue weighted by Crippen LogP contribution is -2.51. The highest BCUT2D eigenvalue weighted by Crippen LogP contribution is 2.23. The van der Waals surface area contributed by atoms with E-state index in [1.54, 1.807) is 4.90 Å². The van der Waals surface area contributed by atoms with Gasteiger partial charge in [0.2, 0.25) is 0 Å². The van der Waals surface area contributed by atoms with Gasteiger partial charge in [-0.1, -0.05) is 23.2 Å². The van der Waals surface area contributed by atoms with E-state index in [2.05, 4.69) is 4.98 Å². The number of pyridine rings is 1. The highest BCUT2D eigenvalue weighted by atomic mass is 35.5. The second kappa shape index (κ2) is 4.57. The van der Waals surface area contributed by atoms with Crippen LogP contribution in [-0.4, -0.2) is 40.6 Å². The van der Waals surface area contributed by atoms with Crippen molar-refractivity contribution in [1.29, 1.82) is 0 Å². The topological polar surface area (TPSA) is 53.4 Å². The van der Waals surface area contributed by atoms with Crippen molar-refractivity contribution in [2.24, 2.45) is 5.92 Å². The maximum atomic E-state index is 11.9. The third-order valence-corrected chi connectivity index (χ3v) is 3.23. The molecular formula is C10H10Cl2N2O2. The zero-order valence-corrected chi connectivity index (χ0v) is 9.87. The summed E-state index contributed by atoms with van der Waals surface area (Å²) in [6, 6.07) is 1.51. The summed E-state index contributed by atoms with van der Waals surface area (Å²) in [5.41, 5.74) is 0.422. The quantitative estimate of drug-likeness (QED) is 0.820. The SMILES string of the molecule is O=C(c1cnc(Cl)c(Cl)c1)N1CC(CO)C1. The zero-order valence-electron chi connectivity index (χ0n) is 8.36. The van der Waals surface area contributed by atoms with Crippen molar-refractivity contribution < 1.29 is 9.90 Å². The number of carbonyl (C=O) groups excluding carboxylic acids is 1. The zero-order chi connectivity index (χ0) is 11.7. The lowest BCUT2D eigenvalue weighted by atomic mass is 10.0. The fourth-order valence-electron chi connectivity index (χ4n) is 1.57. The summed E-state index contributed by atoms with van der Waals surface area (Å²) in [6.07, 6.45) is 1.41. The number of amides is 1. The second-order valence-corrected chi connectivity index (χ2v) is 4.52. The molecule has 0 unspecified atom stereocenters. The molecule has 2 heterocycles. The van der Waals surface area contributed by atoms with Crippen LogP contribution < -0.4 is 0 Å². The van der Waals surface area contributed by atoms with Gasteiger partial charge < -0.3 is 10.0 Å². The summed E-state index contributed by atoms with van der Waals surface area (Å²) in [4.78, 5) is 17.3. The van der Waals surface area contributed by atoms with E-state index in [0.29, 0.717) is 18.7 Å². The summed E-state index contributed by atoms with van der Waals surface area (Å²) < 4.78 is 0. The Hall–Kier alpha value is -0.840. The molecule has 0 saturated carbocycles. The fraction of sp³-hybridized carbons (Fsp3) is 0.400. The van der Waals surface area contributed by atoms with E-state index >= 15 is 0 Å². The van der Waals surface area contributed by atoms with Crippen LogP contribution in [0.3, 0.4) is 0 Å². The van der Waals surface area contributed by atoms with Gasteiger partial charge in [0.05, 0.1) is 10.6 Å². The number of hydrogen-bond donors (Lipinski definition) is 1. The average Bonchev–Trinajstić information content (AvgIpc) is 2.20. The first-order valence-corrected chi connectivity index (χ1v) is 5.58. The highest BCUT2D eigenvalue weighted by molar-refractivity contribution is 6.41. The predicted molar refractivity (Wildman–Crippen MR) is 60.7 cm³/mol. The summed E-state index contributed by atoms with van der Waals surface area (Å²) >= 11 is 11.4. The minimum Gasteiger partial charge on any atom is -0.396 e. The van der Waals surface area contributed by atoms with Crippen molar-refractivity contribution in [3.63, 3.8) is 0 Å². The molecule has 0 spiro atoms. The van der Waals surface area contributed by atoms with Gasteiger partial charge in [0, 0.05) is 31.8 Å². The number of carbonyl (C=O) groups is 1. The maximum Gasteiger partial charge on any atom is 0.255 e. The summed E-state index contributed by atoms with van der Waals surface area (Å²) in [5.74, 6) is 0.0652. The van der Waals surface area contributed by atoms with Gasteiger partial charge in [0.15, 0.2) is 0 Å². The number of aliphatic hydroxyl groups excluding tert-OH is 1. The third-order valence-electron chi connectivity index (χ3n) is 2.55. The van der Waals surface area contributed by atoms with Crippen molar-refractivity contribution in [3.05, 3.63) is 28.0 Å². The molecule has 0 atom stereocenters. The lowest BCUT2D eigenvalue weighted by molar-refractivity contribution is 0.0361. The number of rotatable bonds is 2. The van der Waals surface area contributed by atoms with Gasteiger partial charge in [-0.3, -0.25) is 4.79 Å². The summed E-state index contributed by atoms with van der Waals surface area (Å²) in [6.45, 7) is 1.27. The normalized spacial score (nSPS) is 16.1. The van der Waals surface area contributed by atoms with Gasteiger partial charge in [-0.15, -0.1) is 0 Å². The molecule has 1 aliphatic rings. The number of nitrogens with zero attached hydrogens (tertiary/aromatic N) is 2. The molecule has 0 bridgehead atoms. The van der Waals surface area contributed by atoms with Crippen LogP contribution in [0.15, 0.2) is 12.3 Å². The van der Waals surface area contributed by atoms with Crippen LogP contribution in [0.2, 0.25) is 10.2 Å². The van der Waals surface area contributed by atoms with Crippen molar-refractivity contribution in [1.82, 2.24) is 9.88 Å². The minimum atomic E-state index is -0.129. The average molecular weight is 261 g/mol. The monoisotopic (exact) mass is 260 g/mol. The van der Waals surface area contributed by atoms with Crippen LogP contribution in [0.1, 0.15) is 10.4 Å². The van der Waals surface area contributed by atoms with Crippen LogP contribution in [0, 0.1) is 5.92 Å². The van der Waals surface area contributed by atoms with Crippen molar-refractivity contribution in [2.45, 2.75) is 0 Å². The molecule has 0 aromatic carbocycles. The van der Waals surface area contributed by atoms with Crippen LogP contribution in [-0.2, 0) is 0 Å². The van der Waals surface area contributed by atoms with Crippen molar-refractivity contribution >= 4 is 29.1 Å². The molecule has 6 heteroatoms. The van der Waals surface area contributed by atoms with Crippen LogP contribution in [0.4, 0.5) is 0 Å². The Labute approximate surface area is 103 Å². The van der Waals surface area contributed by atoms with Crippen molar-refractivity contribution in [2.75, 3.05) is 19.7 Å². The molecule has 86 valence electrons. The number of hydrogen-bond acceptors (Lipinski definition) is 3. The van der Waals surface area contributed by atoms with Gasteiger partial charge in [-0.25, -0.2) is 4.98 Å². The predicted octanol–water partition coefficient (Wildman–Crippen LogP) is 1.45. The van der Waals surface area contributed by atoms with E-state index < -0.39 is 0 Å². The number of likely N-dealkylation sites (tertiary alicyclic amines) is 1. The molecule has 16 heavy (non-hydrogen) atoms. The van der Waals surface area contributed by atoms with Gasteiger partial charge >= 0.3 is 0 Å². The van der Waals surface area contributed by atoms with E-state index in [1.807, 2.05) is 0 Å². The molecule has 4 nitrogen and oxygen atoms in total. The molecule has 1 amide bonds. The Morgan fingerprint density at radius 3 is 2.81 bits per heavy atom. The molecular weight excluding hydrogens is 251 g/mol. The number of halogens is 2. The van der Waals surface area contributed by atoms with Crippen LogP contribution >= 0.6 is 23.2 Å². The summed E-state index contributed by atoms with van der Waals surface area (Å²) in [7, 11) is 0. The molecule has 1 aromatic heterocycles. The Bertz CT molecular complexity index is 419. The molecule has 2 rings (SSSR count). The van der Waals surface area contributed by atoms with E-state index in [9.17, 15) is 4.79 Å². The first-order chi connectivity index (χ1) is 7.61. The largest absolute Gasteiger partial charge is 0.396 e. The molecule has 1 aromatic rings. The highest BCUT2D eigenvalue weighted by Gasteiger charge is 2.30. The Morgan fingerprint density at radius 1 is 1.56 bits per heavy atom. The molecule has 1 N–H and O–H groups in total. The van der Waals surface area contributed by atoms with E-state index in [0.717, 1.165) is 0 Å². The van der Waals surface area contributed by atoms with Crippen LogP contribution in [0.25, 0.3) is 0 Å². The first kappa shape index (κ1) is 11.6. The van der Waals surface area contributed by atoms with Gasteiger partial charge in [-0.05, 0) is 6.07 Å². The van der Waals surface area contributed by atoms with Gasteiger partial charge in [-0.2, -0.15) is 0 Å². The third kappa shape index (κ3) is 2.14. The van der Waals surface area contributed by atoms with Gasteiger partial charge in [0.1, 0.15) is 5.15 Å². The fourth-order valence-corrected chi connectivity index (χ4v) is 1.84. The Balaban J connectivity index is 2.07. The number of aromatic nitrogens is 1. The molecule has 1 fully saturated rings. The summed E-state index contributed by atoms with van der Waals surface area (Å²) in [5, 5.41) is 9.31. The van der Waals surface area contributed by atoms with E-state index in [1.165, 1.54) is 12.3 Å². The minimum absolute atomic E-state index is 0.114. The van der Waals surface area contributed by atoms with E-state index in [4.69, 9.17) is 28.3 Å². The Kier molecular flexibility index (Phi) is 3.33. The second-order valence-electron chi connectivity index (χ2n) is 3.76. The molecule has 0 aliphatic carbocycles. The molecule has 1 saturated heterocycles. The molecule has 0 radical (unpaired) electrons. The Morgan fingerprint density at radius 2 is 2.25 bits per heavy atom.